The highest BCUT2D eigenvalue weighted by molar-refractivity contribution is 7.98. The molecule has 0 bridgehead atoms. The minimum absolute atomic E-state index is 0.140. The van der Waals surface area contributed by atoms with Crippen molar-refractivity contribution in [2.45, 2.75) is 10.9 Å². The van der Waals surface area contributed by atoms with E-state index in [1.165, 1.54) is 11.8 Å². The molecule has 4 rings (SSSR count). The number of imidazole rings is 1. The zero-order chi connectivity index (χ0) is 17.4. The van der Waals surface area contributed by atoms with Crippen molar-refractivity contribution in [2.24, 2.45) is 0 Å². The second-order valence-corrected chi connectivity index (χ2v) is 6.13. The SMILES string of the molecule is COc1cnc(CSc2nc3cc4c(cc3n2F)OCO4)cc1OC. The van der Waals surface area contributed by atoms with E-state index < -0.39 is 0 Å². The molecule has 0 N–H and O–H groups in total. The summed E-state index contributed by atoms with van der Waals surface area (Å²) in [5.41, 5.74) is 1.57. The molecule has 3 aromatic rings. The fourth-order valence-electron chi connectivity index (χ4n) is 2.50. The molecular formula is C16H14FN3O4S. The Balaban J connectivity index is 1.58. The van der Waals surface area contributed by atoms with E-state index >= 15 is 0 Å². The first kappa shape index (κ1) is 15.8. The average molecular weight is 363 g/mol. The second-order valence-electron chi connectivity index (χ2n) is 5.19. The molecule has 0 saturated carbocycles. The van der Waals surface area contributed by atoms with Crippen molar-refractivity contribution in [1.29, 1.82) is 0 Å². The summed E-state index contributed by atoms with van der Waals surface area (Å²) in [7, 11) is 3.10. The van der Waals surface area contributed by atoms with Gasteiger partial charge in [0.05, 0.1) is 31.6 Å². The number of thioether (sulfide) groups is 1. The predicted molar refractivity (Wildman–Crippen MR) is 89.3 cm³/mol. The van der Waals surface area contributed by atoms with Gasteiger partial charge in [-0.05, 0) is 0 Å². The highest BCUT2D eigenvalue weighted by atomic mass is 32.2. The monoisotopic (exact) mass is 363 g/mol. The Kier molecular flexibility index (Phi) is 4.00. The second kappa shape index (κ2) is 6.32. The average Bonchev–Trinajstić information content (AvgIpc) is 3.22. The Hall–Kier alpha value is -2.68. The summed E-state index contributed by atoms with van der Waals surface area (Å²) >= 11 is 1.23. The highest BCUT2D eigenvalue weighted by Gasteiger charge is 2.20. The van der Waals surface area contributed by atoms with Gasteiger partial charge in [-0.2, -0.15) is 4.79 Å². The van der Waals surface area contributed by atoms with Gasteiger partial charge < -0.3 is 18.9 Å². The normalized spacial score (nSPS) is 12.6. The third-order valence-electron chi connectivity index (χ3n) is 3.74. The number of aromatic nitrogens is 3. The molecule has 130 valence electrons. The lowest BCUT2D eigenvalue weighted by Crippen LogP contribution is -1.95. The van der Waals surface area contributed by atoms with Crippen LogP contribution in [0.25, 0.3) is 11.0 Å². The summed E-state index contributed by atoms with van der Waals surface area (Å²) in [4.78, 5) is 9.14. The van der Waals surface area contributed by atoms with E-state index in [1.807, 2.05) is 0 Å². The van der Waals surface area contributed by atoms with Gasteiger partial charge in [-0.15, -0.1) is 0 Å². The van der Waals surface area contributed by atoms with Gasteiger partial charge in [0.1, 0.15) is 5.52 Å². The maximum atomic E-state index is 14.5. The Morgan fingerprint density at radius 2 is 1.92 bits per heavy atom. The molecule has 9 heteroatoms. The molecule has 25 heavy (non-hydrogen) atoms. The van der Waals surface area contributed by atoms with Crippen molar-refractivity contribution < 1.29 is 23.4 Å². The first-order chi connectivity index (χ1) is 12.2. The fraction of sp³-hybridized carbons (Fsp3) is 0.250. The van der Waals surface area contributed by atoms with E-state index in [-0.39, 0.29) is 11.9 Å². The zero-order valence-corrected chi connectivity index (χ0v) is 14.3. The molecule has 1 aromatic carbocycles. The number of hydrogen-bond donors (Lipinski definition) is 0. The number of methoxy groups -OCH3 is 2. The molecule has 0 spiro atoms. The van der Waals surface area contributed by atoms with E-state index in [0.717, 1.165) is 5.69 Å². The summed E-state index contributed by atoms with van der Waals surface area (Å²) in [6, 6.07) is 5.02. The van der Waals surface area contributed by atoms with Crippen LogP contribution in [0.15, 0.2) is 29.6 Å². The van der Waals surface area contributed by atoms with Crippen molar-refractivity contribution >= 4 is 22.8 Å². The molecule has 0 saturated heterocycles. The first-order valence-electron chi connectivity index (χ1n) is 7.37. The highest BCUT2D eigenvalue weighted by Crippen LogP contribution is 2.38. The molecule has 1 aliphatic rings. The lowest BCUT2D eigenvalue weighted by atomic mass is 10.3. The summed E-state index contributed by atoms with van der Waals surface area (Å²) < 4.78 is 35.5. The van der Waals surface area contributed by atoms with Gasteiger partial charge in [0.2, 0.25) is 6.79 Å². The van der Waals surface area contributed by atoms with E-state index in [1.54, 1.807) is 38.6 Å². The summed E-state index contributed by atoms with van der Waals surface area (Å²) in [5.74, 6) is 2.64. The van der Waals surface area contributed by atoms with Crippen LogP contribution in [-0.4, -0.2) is 35.8 Å². The molecule has 0 unspecified atom stereocenters. The number of fused-ring (bicyclic) bond motifs is 2. The number of benzene rings is 1. The molecule has 3 heterocycles. The molecule has 1 aliphatic heterocycles. The molecule has 7 nitrogen and oxygen atoms in total. The van der Waals surface area contributed by atoms with Crippen molar-refractivity contribution in [3.63, 3.8) is 0 Å². The van der Waals surface area contributed by atoms with Gasteiger partial charge in [-0.25, -0.2) is 4.98 Å². The Morgan fingerprint density at radius 1 is 1.16 bits per heavy atom. The van der Waals surface area contributed by atoms with E-state index in [9.17, 15) is 4.48 Å². The third kappa shape index (κ3) is 2.80. The van der Waals surface area contributed by atoms with Crippen molar-refractivity contribution in [3.05, 3.63) is 30.1 Å². The Bertz CT molecular complexity index is 947. The molecule has 0 fully saturated rings. The van der Waals surface area contributed by atoms with Gasteiger partial charge >= 0.3 is 0 Å². The molecule has 0 aliphatic carbocycles. The van der Waals surface area contributed by atoms with Gasteiger partial charge in [0.15, 0.2) is 28.2 Å². The predicted octanol–water partition coefficient (Wildman–Crippen LogP) is 3.20. The number of nitrogens with zero attached hydrogens (tertiary/aromatic N) is 3. The van der Waals surface area contributed by atoms with Crippen LogP contribution in [0.3, 0.4) is 0 Å². The van der Waals surface area contributed by atoms with Crippen LogP contribution in [0.5, 0.6) is 23.0 Å². The zero-order valence-electron chi connectivity index (χ0n) is 13.5. The van der Waals surface area contributed by atoms with Gasteiger partial charge in [0, 0.05) is 24.0 Å². The minimum Gasteiger partial charge on any atom is -0.493 e. The summed E-state index contributed by atoms with van der Waals surface area (Å²) in [6.45, 7) is 0.140. The molecular weight excluding hydrogens is 349 g/mol. The van der Waals surface area contributed by atoms with Crippen molar-refractivity contribution in [1.82, 2.24) is 14.8 Å². The summed E-state index contributed by atoms with van der Waals surface area (Å²) in [6.07, 6.45) is 1.58. The Labute approximate surface area is 146 Å². The fourth-order valence-corrected chi connectivity index (χ4v) is 3.31. The third-order valence-corrected chi connectivity index (χ3v) is 4.69. The van der Waals surface area contributed by atoms with Crippen LogP contribution in [-0.2, 0) is 5.75 Å². The van der Waals surface area contributed by atoms with Crippen LogP contribution in [0.2, 0.25) is 0 Å². The van der Waals surface area contributed by atoms with Gasteiger partial charge in [0.25, 0.3) is 0 Å². The van der Waals surface area contributed by atoms with Crippen molar-refractivity contribution in [3.8, 4) is 23.0 Å². The van der Waals surface area contributed by atoms with Crippen LogP contribution in [0, 0.1) is 0 Å². The van der Waals surface area contributed by atoms with Crippen LogP contribution < -0.4 is 18.9 Å². The quantitative estimate of drug-likeness (QED) is 0.645. The van der Waals surface area contributed by atoms with E-state index in [2.05, 4.69) is 9.97 Å². The van der Waals surface area contributed by atoms with E-state index in [0.29, 0.717) is 44.6 Å². The molecule has 0 atom stereocenters. The standard InChI is InChI=1S/C16H14FN3O4S/c1-21-12-3-9(18-6-15(12)22-2)7-25-16-19-10-4-13-14(24-8-23-13)5-11(10)20(16)17/h3-6H,7-8H2,1-2H3. The first-order valence-corrected chi connectivity index (χ1v) is 8.36. The molecule has 0 amide bonds. The molecule has 0 radical (unpaired) electrons. The topological polar surface area (TPSA) is 67.6 Å². The minimum atomic E-state index is 0.140. The van der Waals surface area contributed by atoms with E-state index in [4.69, 9.17) is 18.9 Å². The largest absolute Gasteiger partial charge is 0.493 e. The lowest BCUT2D eigenvalue weighted by molar-refractivity contribution is 0.174. The maximum Gasteiger partial charge on any atom is 0.231 e. The van der Waals surface area contributed by atoms with Crippen LogP contribution in [0.1, 0.15) is 5.69 Å². The molecule has 2 aromatic heterocycles. The number of hydrogen-bond acceptors (Lipinski definition) is 7. The van der Waals surface area contributed by atoms with Gasteiger partial charge in [-0.3, -0.25) is 4.98 Å². The maximum absolute atomic E-state index is 14.5. The van der Waals surface area contributed by atoms with Crippen molar-refractivity contribution in [2.75, 3.05) is 21.0 Å². The number of halogens is 1. The number of pyridine rings is 1. The number of rotatable bonds is 5. The summed E-state index contributed by atoms with van der Waals surface area (Å²) in [5, 5.41) is 0.232. The smallest absolute Gasteiger partial charge is 0.231 e. The van der Waals surface area contributed by atoms with Crippen LogP contribution >= 0.6 is 11.8 Å². The Morgan fingerprint density at radius 3 is 2.68 bits per heavy atom. The number of ether oxygens (including phenoxy) is 4. The van der Waals surface area contributed by atoms with Crippen LogP contribution in [0.4, 0.5) is 4.48 Å². The van der Waals surface area contributed by atoms with Gasteiger partial charge in [-0.1, -0.05) is 16.2 Å². The lowest BCUT2D eigenvalue weighted by Gasteiger charge is -2.08.